The van der Waals surface area contributed by atoms with Gasteiger partial charge >= 0.3 is 0 Å². The monoisotopic (exact) mass is 253 g/mol. The van der Waals surface area contributed by atoms with E-state index in [2.05, 4.69) is 29.1 Å². The van der Waals surface area contributed by atoms with Crippen LogP contribution in [0.3, 0.4) is 0 Å². The van der Waals surface area contributed by atoms with Gasteiger partial charge in [0, 0.05) is 12.6 Å². The number of ether oxygens (including phenoxy) is 1. The molecule has 0 spiro atoms. The van der Waals surface area contributed by atoms with Gasteiger partial charge in [-0.2, -0.15) is 11.3 Å². The second-order valence-corrected chi connectivity index (χ2v) is 5.56. The van der Waals surface area contributed by atoms with Crippen molar-refractivity contribution in [2.24, 2.45) is 0 Å². The second-order valence-electron chi connectivity index (χ2n) is 4.78. The normalized spacial score (nSPS) is 21.8. The van der Waals surface area contributed by atoms with E-state index in [-0.39, 0.29) is 0 Å². The number of thiophene rings is 1. The standard InChI is InChI=1S/C14H23NOS/c1-2-8-15-14(12-7-10-17-11-12)6-5-13-4-3-9-16-13/h7,10-11,13-15H,2-6,8-9H2,1H3. The first kappa shape index (κ1) is 13.1. The van der Waals surface area contributed by atoms with Crippen molar-refractivity contribution in [3.8, 4) is 0 Å². The average molecular weight is 253 g/mol. The van der Waals surface area contributed by atoms with Gasteiger partial charge in [0.05, 0.1) is 6.10 Å². The minimum Gasteiger partial charge on any atom is -0.378 e. The molecule has 2 atom stereocenters. The molecule has 1 saturated heterocycles. The zero-order chi connectivity index (χ0) is 11.9. The third-order valence-corrected chi connectivity index (χ3v) is 4.09. The van der Waals surface area contributed by atoms with Crippen molar-refractivity contribution in [2.75, 3.05) is 13.2 Å². The van der Waals surface area contributed by atoms with Crippen molar-refractivity contribution >= 4 is 11.3 Å². The molecule has 3 heteroatoms. The zero-order valence-corrected chi connectivity index (χ0v) is 11.5. The first-order valence-corrected chi connectivity index (χ1v) is 7.71. The van der Waals surface area contributed by atoms with Gasteiger partial charge in [0.25, 0.3) is 0 Å². The van der Waals surface area contributed by atoms with Crippen LogP contribution >= 0.6 is 11.3 Å². The van der Waals surface area contributed by atoms with E-state index in [1.807, 2.05) is 0 Å². The zero-order valence-electron chi connectivity index (χ0n) is 10.7. The van der Waals surface area contributed by atoms with E-state index < -0.39 is 0 Å². The quantitative estimate of drug-likeness (QED) is 0.799. The van der Waals surface area contributed by atoms with Gasteiger partial charge in [-0.1, -0.05) is 6.92 Å². The van der Waals surface area contributed by atoms with Crippen LogP contribution in [0, 0.1) is 0 Å². The third kappa shape index (κ3) is 4.09. The number of hydrogen-bond donors (Lipinski definition) is 1. The molecular formula is C14H23NOS. The molecule has 2 unspecified atom stereocenters. The van der Waals surface area contributed by atoms with Crippen molar-refractivity contribution in [3.05, 3.63) is 22.4 Å². The van der Waals surface area contributed by atoms with Gasteiger partial charge in [-0.25, -0.2) is 0 Å². The molecule has 17 heavy (non-hydrogen) atoms. The Balaban J connectivity index is 1.82. The molecule has 0 radical (unpaired) electrons. The van der Waals surface area contributed by atoms with E-state index in [1.165, 1.54) is 37.7 Å². The minimum atomic E-state index is 0.513. The summed E-state index contributed by atoms with van der Waals surface area (Å²) < 4.78 is 5.70. The Morgan fingerprint density at radius 1 is 1.59 bits per heavy atom. The lowest BCUT2D eigenvalue weighted by atomic mass is 10.0. The van der Waals surface area contributed by atoms with Gasteiger partial charge in [-0.15, -0.1) is 0 Å². The van der Waals surface area contributed by atoms with E-state index >= 15 is 0 Å². The summed E-state index contributed by atoms with van der Waals surface area (Å²) in [5.74, 6) is 0. The van der Waals surface area contributed by atoms with Crippen LogP contribution in [0.5, 0.6) is 0 Å². The maximum absolute atomic E-state index is 5.70. The highest BCUT2D eigenvalue weighted by Crippen LogP contribution is 2.25. The molecule has 2 heterocycles. The van der Waals surface area contributed by atoms with Gasteiger partial charge in [0.1, 0.15) is 0 Å². The predicted octanol–water partition coefficient (Wildman–Crippen LogP) is 3.75. The van der Waals surface area contributed by atoms with Crippen molar-refractivity contribution in [1.82, 2.24) is 5.32 Å². The summed E-state index contributed by atoms with van der Waals surface area (Å²) in [6, 6.07) is 2.76. The molecule has 0 bridgehead atoms. The highest BCUT2D eigenvalue weighted by atomic mass is 32.1. The summed E-state index contributed by atoms with van der Waals surface area (Å²) in [5, 5.41) is 8.08. The van der Waals surface area contributed by atoms with Crippen LogP contribution < -0.4 is 5.32 Å². The molecule has 1 aliphatic rings. The summed E-state index contributed by atoms with van der Waals surface area (Å²) >= 11 is 1.79. The molecule has 96 valence electrons. The van der Waals surface area contributed by atoms with E-state index in [1.54, 1.807) is 11.3 Å². The summed E-state index contributed by atoms with van der Waals surface area (Å²) in [4.78, 5) is 0. The Labute approximate surface area is 108 Å². The molecule has 1 aromatic heterocycles. The highest BCUT2D eigenvalue weighted by molar-refractivity contribution is 7.07. The summed E-state index contributed by atoms with van der Waals surface area (Å²) in [7, 11) is 0. The fourth-order valence-electron chi connectivity index (χ4n) is 2.40. The maximum Gasteiger partial charge on any atom is 0.0576 e. The molecule has 0 saturated carbocycles. The van der Waals surface area contributed by atoms with Gasteiger partial charge < -0.3 is 10.1 Å². The highest BCUT2D eigenvalue weighted by Gasteiger charge is 2.18. The van der Waals surface area contributed by atoms with Crippen LogP contribution in [0.2, 0.25) is 0 Å². The van der Waals surface area contributed by atoms with E-state index in [9.17, 15) is 0 Å². The van der Waals surface area contributed by atoms with Crippen molar-refractivity contribution in [1.29, 1.82) is 0 Å². The SMILES string of the molecule is CCCNC(CCC1CCCO1)c1ccsc1. The second kappa shape index (κ2) is 7.14. The Kier molecular flexibility index (Phi) is 5.49. The molecule has 2 nitrogen and oxygen atoms in total. The van der Waals surface area contributed by atoms with Crippen molar-refractivity contribution in [2.45, 2.75) is 51.2 Å². The minimum absolute atomic E-state index is 0.513. The lowest BCUT2D eigenvalue weighted by Gasteiger charge is -2.19. The Hall–Kier alpha value is -0.380. The van der Waals surface area contributed by atoms with Crippen LogP contribution in [-0.4, -0.2) is 19.3 Å². The lowest BCUT2D eigenvalue weighted by molar-refractivity contribution is 0.0996. The molecule has 0 aromatic carbocycles. The van der Waals surface area contributed by atoms with Gasteiger partial charge in [0.15, 0.2) is 0 Å². The predicted molar refractivity (Wildman–Crippen MR) is 73.6 cm³/mol. The van der Waals surface area contributed by atoms with Crippen LogP contribution in [0.15, 0.2) is 16.8 Å². The number of nitrogens with one attached hydrogen (secondary N) is 1. The molecule has 0 amide bonds. The van der Waals surface area contributed by atoms with E-state index in [0.29, 0.717) is 12.1 Å². The molecule has 1 aliphatic heterocycles. The van der Waals surface area contributed by atoms with Crippen LogP contribution in [0.1, 0.15) is 50.6 Å². The van der Waals surface area contributed by atoms with Gasteiger partial charge in [-0.3, -0.25) is 0 Å². The van der Waals surface area contributed by atoms with E-state index in [4.69, 9.17) is 4.74 Å². The Bertz CT molecular complexity index is 293. The molecule has 1 aromatic rings. The molecule has 1 N–H and O–H groups in total. The fraction of sp³-hybridized carbons (Fsp3) is 0.714. The number of rotatable bonds is 7. The fourth-order valence-corrected chi connectivity index (χ4v) is 3.12. The molecule has 0 aliphatic carbocycles. The summed E-state index contributed by atoms with van der Waals surface area (Å²) in [6.07, 6.45) is 6.60. The maximum atomic E-state index is 5.70. The Morgan fingerprint density at radius 2 is 2.53 bits per heavy atom. The summed E-state index contributed by atoms with van der Waals surface area (Å²) in [5.41, 5.74) is 1.45. The van der Waals surface area contributed by atoms with Crippen LogP contribution in [-0.2, 0) is 4.74 Å². The number of hydrogen-bond acceptors (Lipinski definition) is 3. The third-order valence-electron chi connectivity index (χ3n) is 3.39. The first-order chi connectivity index (χ1) is 8.40. The summed E-state index contributed by atoms with van der Waals surface area (Å²) in [6.45, 7) is 4.29. The van der Waals surface area contributed by atoms with Gasteiger partial charge in [-0.05, 0) is 61.0 Å². The Morgan fingerprint density at radius 3 is 3.18 bits per heavy atom. The molecular weight excluding hydrogens is 230 g/mol. The smallest absolute Gasteiger partial charge is 0.0576 e. The molecule has 1 fully saturated rings. The lowest BCUT2D eigenvalue weighted by Crippen LogP contribution is -2.23. The average Bonchev–Trinajstić information content (AvgIpc) is 3.01. The van der Waals surface area contributed by atoms with E-state index in [0.717, 1.165) is 13.2 Å². The van der Waals surface area contributed by atoms with Crippen molar-refractivity contribution < 1.29 is 4.74 Å². The van der Waals surface area contributed by atoms with Crippen molar-refractivity contribution in [3.63, 3.8) is 0 Å². The molecule has 2 rings (SSSR count). The van der Waals surface area contributed by atoms with Crippen LogP contribution in [0.25, 0.3) is 0 Å². The van der Waals surface area contributed by atoms with Gasteiger partial charge in [0.2, 0.25) is 0 Å². The largest absolute Gasteiger partial charge is 0.378 e. The van der Waals surface area contributed by atoms with Crippen LogP contribution in [0.4, 0.5) is 0 Å². The topological polar surface area (TPSA) is 21.3 Å². The first-order valence-electron chi connectivity index (χ1n) is 6.77.